The molecule has 0 aromatic carbocycles. The van der Waals surface area contributed by atoms with Gasteiger partial charge in [-0.15, -0.1) is 0 Å². The number of hydrogen-bond donors (Lipinski definition) is 1. The Morgan fingerprint density at radius 1 is 1.32 bits per heavy atom. The van der Waals surface area contributed by atoms with Gasteiger partial charge in [0.25, 0.3) is 0 Å². The Hall–Kier alpha value is -1.07. The molecule has 1 amide bonds. The molecule has 1 aliphatic heterocycles. The number of carbonyl (C=O) groups excluding carboxylic acids is 1. The molecule has 0 spiro atoms. The normalized spacial score (nSPS) is 18.3. The van der Waals surface area contributed by atoms with Gasteiger partial charge < -0.3 is 19.5 Å². The van der Waals surface area contributed by atoms with Gasteiger partial charge >= 0.3 is 0 Å². The lowest BCUT2D eigenvalue weighted by Crippen LogP contribution is -2.48. The van der Waals surface area contributed by atoms with E-state index in [2.05, 4.69) is 16.6 Å². The minimum absolute atomic E-state index is 0.0242. The van der Waals surface area contributed by atoms with Crippen molar-refractivity contribution in [1.82, 2.24) is 5.32 Å². The van der Waals surface area contributed by atoms with Crippen LogP contribution in [0, 0.1) is 0 Å². The molecule has 1 fully saturated rings. The molecule has 0 unspecified atom stereocenters. The highest BCUT2D eigenvalue weighted by molar-refractivity contribution is 5.76. The molecular weight excluding hydrogens is 246 g/mol. The Balaban J connectivity index is 0.000000555. The summed E-state index contributed by atoms with van der Waals surface area (Å²) in [6, 6.07) is 0.0242. The van der Waals surface area contributed by atoms with Gasteiger partial charge in [-0.05, 0) is 33.6 Å². The molecule has 0 aliphatic carbocycles. The van der Waals surface area contributed by atoms with Crippen LogP contribution in [0.4, 0.5) is 0 Å². The standard InChI is InChI=1S/C10H19NO3.C4H8O/c1-3-13-10(14-4-2)8-6-5-7-9(12)11-8;1-3-5-4-2/h8,10H,3-7H2,1-2H3,(H,11,12);3H,1,4H2,2H3/t8-;/m1./s1. The summed E-state index contributed by atoms with van der Waals surface area (Å²) in [5.74, 6) is 0.102. The molecule has 5 heteroatoms. The number of carbonyl (C=O) groups is 1. The van der Waals surface area contributed by atoms with Crippen molar-refractivity contribution in [1.29, 1.82) is 0 Å². The van der Waals surface area contributed by atoms with Crippen molar-refractivity contribution in [2.24, 2.45) is 0 Å². The molecule has 5 nitrogen and oxygen atoms in total. The second-order valence-corrected chi connectivity index (χ2v) is 3.97. The summed E-state index contributed by atoms with van der Waals surface area (Å²) in [5.41, 5.74) is 0. The first kappa shape index (κ1) is 17.9. The molecule has 19 heavy (non-hydrogen) atoms. The molecule has 1 aliphatic rings. The fourth-order valence-corrected chi connectivity index (χ4v) is 1.76. The topological polar surface area (TPSA) is 56.8 Å². The molecule has 0 bridgehead atoms. The highest BCUT2D eigenvalue weighted by Gasteiger charge is 2.27. The summed E-state index contributed by atoms with van der Waals surface area (Å²) >= 11 is 0. The summed E-state index contributed by atoms with van der Waals surface area (Å²) in [6.45, 7) is 11.0. The largest absolute Gasteiger partial charge is 0.502 e. The lowest BCUT2D eigenvalue weighted by atomic mass is 10.0. The fourth-order valence-electron chi connectivity index (χ4n) is 1.76. The Kier molecular flexibility index (Phi) is 11.3. The summed E-state index contributed by atoms with van der Waals surface area (Å²) in [5, 5.41) is 2.90. The van der Waals surface area contributed by atoms with E-state index in [4.69, 9.17) is 9.47 Å². The zero-order valence-corrected chi connectivity index (χ0v) is 12.3. The quantitative estimate of drug-likeness (QED) is 0.571. The van der Waals surface area contributed by atoms with Gasteiger partial charge in [-0.2, -0.15) is 0 Å². The first-order valence-corrected chi connectivity index (χ1v) is 6.94. The van der Waals surface area contributed by atoms with Gasteiger partial charge in [0.1, 0.15) is 0 Å². The lowest BCUT2D eigenvalue weighted by Gasteiger charge is -2.30. The third-order valence-corrected chi connectivity index (χ3v) is 2.54. The molecular formula is C14H27NO4. The van der Waals surface area contributed by atoms with E-state index in [1.54, 1.807) is 0 Å². The van der Waals surface area contributed by atoms with Gasteiger partial charge in [0.05, 0.1) is 18.9 Å². The number of nitrogens with one attached hydrogen (secondary N) is 1. The molecule has 0 aromatic heterocycles. The Morgan fingerprint density at radius 2 is 1.95 bits per heavy atom. The molecule has 1 saturated heterocycles. The van der Waals surface area contributed by atoms with Crippen molar-refractivity contribution < 1.29 is 19.0 Å². The lowest BCUT2D eigenvalue weighted by molar-refractivity contribution is -0.162. The van der Waals surface area contributed by atoms with Crippen LogP contribution in [-0.2, 0) is 19.0 Å². The average Bonchev–Trinajstić information content (AvgIpc) is 2.40. The van der Waals surface area contributed by atoms with Crippen molar-refractivity contribution in [2.45, 2.75) is 52.4 Å². The van der Waals surface area contributed by atoms with Crippen LogP contribution in [0.3, 0.4) is 0 Å². The fraction of sp³-hybridized carbons (Fsp3) is 0.786. The van der Waals surface area contributed by atoms with Crippen molar-refractivity contribution in [2.75, 3.05) is 19.8 Å². The summed E-state index contributed by atoms with van der Waals surface area (Å²) in [4.78, 5) is 11.2. The predicted octanol–water partition coefficient (Wildman–Crippen LogP) is 2.22. The Labute approximate surface area is 116 Å². The molecule has 0 saturated carbocycles. The maximum absolute atomic E-state index is 11.2. The van der Waals surface area contributed by atoms with Gasteiger partial charge in [-0.3, -0.25) is 4.79 Å². The van der Waals surface area contributed by atoms with Crippen molar-refractivity contribution in [3.63, 3.8) is 0 Å². The SMILES string of the molecule is C=COCC.CCOC(OCC)[C@H]1CCCC(=O)N1. The van der Waals surface area contributed by atoms with E-state index in [0.29, 0.717) is 19.6 Å². The summed E-state index contributed by atoms with van der Waals surface area (Å²) in [6.07, 6.45) is 3.64. The van der Waals surface area contributed by atoms with Crippen LogP contribution in [0.25, 0.3) is 0 Å². The van der Waals surface area contributed by atoms with Gasteiger partial charge in [0, 0.05) is 19.6 Å². The van der Waals surface area contributed by atoms with E-state index in [1.807, 2.05) is 20.8 Å². The van der Waals surface area contributed by atoms with Crippen LogP contribution in [0.2, 0.25) is 0 Å². The minimum Gasteiger partial charge on any atom is -0.502 e. The number of amides is 1. The number of piperidine rings is 1. The number of ether oxygens (including phenoxy) is 3. The number of rotatable bonds is 7. The zero-order valence-electron chi connectivity index (χ0n) is 12.3. The number of hydrogen-bond acceptors (Lipinski definition) is 4. The maximum Gasteiger partial charge on any atom is 0.220 e. The van der Waals surface area contributed by atoms with E-state index >= 15 is 0 Å². The third kappa shape index (κ3) is 8.61. The molecule has 0 radical (unpaired) electrons. The first-order chi connectivity index (χ1) is 9.19. The Morgan fingerprint density at radius 3 is 2.32 bits per heavy atom. The van der Waals surface area contributed by atoms with E-state index in [1.165, 1.54) is 6.26 Å². The van der Waals surface area contributed by atoms with Gasteiger partial charge in [0.2, 0.25) is 5.91 Å². The highest BCUT2D eigenvalue weighted by Crippen LogP contribution is 2.14. The molecule has 0 aromatic rings. The van der Waals surface area contributed by atoms with E-state index in [-0.39, 0.29) is 18.2 Å². The second-order valence-electron chi connectivity index (χ2n) is 3.97. The van der Waals surface area contributed by atoms with E-state index in [0.717, 1.165) is 19.4 Å². The first-order valence-electron chi connectivity index (χ1n) is 6.94. The summed E-state index contributed by atoms with van der Waals surface area (Å²) in [7, 11) is 0. The molecule has 1 atom stereocenters. The molecule has 112 valence electrons. The highest BCUT2D eigenvalue weighted by atomic mass is 16.7. The predicted molar refractivity (Wildman–Crippen MR) is 74.6 cm³/mol. The van der Waals surface area contributed by atoms with Crippen LogP contribution < -0.4 is 5.32 Å². The van der Waals surface area contributed by atoms with Gasteiger partial charge in [0.15, 0.2) is 6.29 Å². The molecule has 1 rings (SSSR count). The van der Waals surface area contributed by atoms with E-state index in [9.17, 15) is 4.79 Å². The van der Waals surface area contributed by atoms with Crippen molar-refractivity contribution in [3.8, 4) is 0 Å². The smallest absolute Gasteiger partial charge is 0.220 e. The van der Waals surface area contributed by atoms with Crippen LogP contribution in [0.5, 0.6) is 0 Å². The van der Waals surface area contributed by atoms with Crippen molar-refractivity contribution >= 4 is 5.91 Å². The average molecular weight is 273 g/mol. The van der Waals surface area contributed by atoms with Crippen LogP contribution in [0.15, 0.2) is 12.8 Å². The maximum atomic E-state index is 11.2. The minimum atomic E-state index is -0.283. The second kappa shape index (κ2) is 12.0. The van der Waals surface area contributed by atoms with Crippen LogP contribution in [0.1, 0.15) is 40.0 Å². The Bertz CT molecular complexity index is 240. The monoisotopic (exact) mass is 273 g/mol. The summed E-state index contributed by atoms with van der Waals surface area (Å²) < 4.78 is 15.5. The molecule has 1 heterocycles. The van der Waals surface area contributed by atoms with Crippen LogP contribution >= 0.6 is 0 Å². The van der Waals surface area contributed by atoms with Gasteiger partial charge in [-0.25, -0.2) is 0 Å². The molecule has 1 N–H and O–H groups in total. The third-order valence-electron chi connectivity index (χ3n) is 2.54. The van der Waals surface area contributed by atoms with Crippen LogP contribution in [-0.4, -0.2) is 38.1 Å². The zero-order chi connectivity index (χ0) is 14.5. The van der Waals surface area contributed by atoms with E-state index < -0.39 is 0 Å². The van der Waals surface area contributed by atoms with Crippen molar-refractivity contribution in [3.05, 3.63) is 12.8 Å². The van der Waals surface area contributed by atoms with Gasteiger partial charge in [-0.1, -0.05) is 6.58 Å².